The van der Waals surface area contributed by atoms with Crippen molar-refractivity contribution in [2.45, 2.75) is 6.54 Å². The van der Waals surface area contributed by atoms with Crippen LogP contribution in [0.15, 0.2) is 18.5 Å². The summed E-state index contributed by atoms with van der Waals surface area (Å²) >= 11 is 0. The van der Waals surface area contributed by atoms with Crippen LogP contribution in [-0.2, 0) is 20.6 Å². The second-order valence-electron chi connectivity index (χ2n) is 4.44. The van der Waals surface area contributed by atoms with Crippen molar-refractivity contribution < 1.29 is 14.7 Å². The molecular formula is C12H15N5O3. The topological polar surface area (TPSA) is 93.3 Å². The molecule has 2 heterocycles. The maximum Gasteiger partial charge on any atom is 0.354 e. The minimum absolute atomic E-state index is 0.0738. The largest absolute Gasteiger partial charge is 0.477 e. The highest BCUT2D eigenvalue weighted by Gasteiger charge is 2.24. The van der Waals surface area contributed by atoms with Crippen LogP contribution >= 0.6 is 0 Å². The first kappa shape index (κ1) is 13.8. The fourth-order valence-electron chi connectivity index (χ4n) is 1.92. The number of aryl methyl sites for hydroxylation is 2. The van der Waals surface area contributed by atoms with Crippen LogP contribution in [0.25, 0.3) is 0 Å². The molecule has 0 radical (unpaired) electrons. The molecule has 0 unspecified atom stereocenters. The Labute approximate surface area is 115 Å². The lowest BCUT2D eigenvalue weighted by Crippen LogP contribution is -2.28. The molecule has 0 aliphatic carbocycles. The Morgan fingerprint density at radius 1 is 1.30 bits per heavy atom. The van der Waals surface area contributed by atoms with Crippen molar-refractivity contribution in [2.24, 2.45) is 14.1 Å². The standard InChI is InChI=1S/C12H15N5O3/c1-15(7-8-4-5-13-16(8)2)11(18)9-6-14-17(3)10(9)12(19)20/h4-6H,7H2,1-3H3,(H,19,20). The highest BCUT2D eigenvalue weighted by Crippen LogP contribution is 2.12. The minimum Gasteiger partial charge on any atom is -0.477 e. The molecule has 0 aliphatic heterocycles. The first-order valence-corrected chi connectivity index (χ1v) is 5.89. The number of rotatable bonds is 4. The van der Waals surface area contributed by atoms with Crippen LogP contribution < -0.4 is 0 Å². The number of carbonyl (C=O) groups is 2. The van der Waals surface area contributed by atoms with E-state index in [2.05, 4.69) is 10.2 Å². The number of aromatic carboxylic acids is 1. The van der Waals surface area contributed by atoms with Gasteiger partial charge < -0.3 is 10.0 Å². The Morgan fingerprint density at radius 2 is 2.00 bits per heavy atom. The van der Waals surface area contributed by atoms with Gasteiger partial charge in [-0.15, -0.1) is 0 Å². The van der Waals surface area contributed by atoms with Crippen LogP contribution in [-0.4, -0.2) is 48.5 Å². The zero-order chi connectivity index (χ0) is 14.9. The van der Waals surface area contributed by atoms with Gasteiger partial charge in [0, 0.05) is 27.3 Å². The first-order valence-electron chi connectivity index (χ1n) is 5.89. The lowest BCUT2D eigenvalue weighted by atomic mass is 10.2. The third-order valence-corrected chi connectivity index (χ3v) is 3.04. The first-order chi connectivity index (χ1) is 9.41. The quantitative estimate of drug-likeness (QED) is 0.857. The van der Waals surface area contributed by atoms with Crippen LogP contribution in [0, 0.1) is 0 Å². The van der Waals surface area contributed by atoms with Gasteiger partial charge in [-0.25, -0.2) is 4.79 Å². The van der Waals surface area contributed by atoms with Gasteiger partial charge in [0.15, 0.2) is 5.69 Å². The number of nitrogens with zero attached hydrogens (tertiary/aromatic N) is 5. The molecule has 0 aromatic carbocycles. The molecule has 2 rings (SSSR count). The van der Waals surface area contributed by atoms with Crippen molar-refractivity contribution in [3.63, 3.8) is 0 Å². The lowest BCUT2D eigenvalue weighted by molar-refractivity contribution is 0.0669. The fourth-order valence-corrected chi connectivity index (χ4v) is 1.92. The Morgan fingerprint density at radius 3 is 2.55 bits per heavy atom. The molecule has 8 nitrogen and oxygen atoms in total. The summed E-state index contributed by atoms with van der Waals surface area (Å²) < 4.78 is 2.83. The van der Waals surface area contributed by atoms with Crippen LogP contribution in [0.2, 0.25) is 0 Å². The monoisotopic (exact) mass is 277 g/mol. The highest BCUT2D eigenvalue weighted by atomic mass is 16.4. The number of amides is 1. The molecule has 0 aliphatic rings. The summed E-state index contributed by atoms with van der Waals surface area (Å²) in [5, 5.41) is 17.0. The normalized spacial score (nSPS) is 10.6. The van der Waals surface area contributed by atoms with E-state index in [1.165, 1.54) is 22.8 Å². The van der Waals surface area contributed by atoms with E-state index in [0.717, 1.165) is 5.69 Å². The third kappa shape index (κ3) is 2.40. The van der Waals surface area contributed by atoms with Crippen LogP contribution in [0.5, 0.6) is 0 Å². The van der Waals surface area contributed by atoms with Crippen molar-refractivity contribution in [2.75, 3.05) is 7.05 Å². The summed E-state index contributed by atoms with van der Waals surface area (Å²) in [6.07, 6.45) is 2.91. The average Bonchev–Trinajstić information content (AvgIpc) is 2.95. The van der Waals surface area contributed by atoms with Crippen molar-refractivity contribution in [3.8, 4) is 0 Å². The van der Waals surface area contributed by atoms with Gasteiger partial charge in [0.25, 0.3) is 5.91 Å². The lowest BCUT2D eigenvalue weighted by Gasteiger charge is -2.16. The van der Waals surface area contributed by atoms with E-state index in [1.54, 1.807) is 31.0 Å². The smallest absolute Gasteiger partial charge is 0.354 e. The predicted octanol–water partition coefficient (Wildman–Crippen LogP) is 0.124. The summed E-state index contributed by atoms with van der Waals surface area (Å²) in [5.74, 6) is -1.57. The Bertz CT molecular complexity index is 658. The molecule has 0 fully saturated rings. The van der Waals surface area contributed by atoms with Gasteiger partial charge in [-0.1, -0.05) is 0 Å². The summed E-state index contributed by atoms with van der Waals surface area (Å²) in [5.41, 5.74) is 0.804. The molecule has 20 heavy (non-hydrogen) atoms. The summed E-state index contributed by atoms with van der Waals surface area (Å²) in [6.45, 7) is 0.337. The second kappa shape index (κ2) is 5.16. The molecule has 0 spiro atoms. The van der Waals surface area contributed by atoms with E-state index >= 15 is 0 Å². The highest BCUT2D eigenvalue weighted by molar-refractivity contribution is 6.03. The number of hydrogen-bond acceptors (Lipinski definition) is 4. The minimum atomic E-state index is -1.18. The van der Waals surface area contributed by atoms with Crippen molar-refractivity contribution >= 4 is 11.9 Å². The van der Waals surface area contributed by atoms with Gasteiger partial charge in [-0.3, -0.25) is 14.2 Å². The molecule has 1 amide bonds. The summed E-state index contributed by atoms with van der Waals surface area (Å²) in [4.78, 5) is 24.9. The molecule has 0 saturated carbocycles. The Hall–Kier alpha value is -2.64. The molecule has 0 saturated heterocycles. The second-order valence-corrected chi connectivity index (χ2v) is 4.44. The van der Waals surface area contributed by atoms with Gasteiger partial charge in [0.1, 0.15) is 0 Å². The zero-order valence-corrected chi connectivity index (χ0v) is 11.4. The zero-order valence-electron chi connectivity index (χ0n) is 11.4. The summed E-state index contributed by atoms with van der Waals surface area (Å²) in [6, 6.07) is 1.80. The Kier molecular flexibility index (Phi) is 3.55. The number of aromatic nitrogens is 4. The Balaban J connectivity index is 2.23. The van der Waals surface area contributed by atoms with Gasteiger partial charge in [-0.05, 0) is 6.07 Å². The van der Waals surface area contributed by atoms with Crippen LogP contribution in [0.3, 0.4) is 0 Å². The fraction of sp³-hybridized carbons (Fsp3) is 0.333. The van der Waals surface area contributed by atoms with Gasteiger partial charge >= 0.3 is 5.97 Å². The van der Waals surface area contributed by atoms with E-state index in [-0.39, 0.29) is 11.3 Å². The van der Waals surface area contributed by atoms with Crippen LogP contribution in [0.4, 0.5) is 0 Å². The van der Waals surface area contributed by atoms with E-state index in [1.807, 2.05) is 0 Å². The molecular weight excluding hydrogens is 262 g/mol. The summed E-state index contributed by atoms with van der Waals surface area (Å²) in [7, 11) is 4.87. The van der Waals surface area contributed by atoms with Crippen molar-refractivity contribution in [1.82, 2.24) is 24.5 Å². The number of hydrogen-bond donors (Lipinski definition) is 1. The average molecular weight is 277 g/mol. The van der Waals surface area contributed by atoms with Gasteiger partial charge in [0.2, 0.25) is 0 Å². The molecule has 1 N–H and O–H groups in total. The van der Waals surface area contributed by atoms with E-state index in [9.17, 15) is 9.59 Å². The van der Waals surface area contributed by atoms with E-state index in [4.69, 9.17) is 5.11 Å². The van der Waals surface area contributed by atoms with Crippen molar-refractivity contribution in [3.05, 3.63) is 35.4 Å². The molecule has 2 aromatic rings. The SMILES string of the molecule is CN(Cc1ccnn1C)C(=O)c1cnn(C)c1C(=O)O. The van der Waals surface area contributed by atoms with E-state index in [0.29, 0.717) is 6.54 Å². The number of carboxylic acid groups (broad SMARTS) is 1. The van der Waals surface area contributed by atoms with Gasteiger partial charge in [-0.2, -0.15) is 10.2 Å². The van der Waals surface area contributed by atoms with Crippen molar-refractivity contribution in [1.29, 1.82) is 0 Å². The maximum atomic E-state index is 12.3. The van der Waals surface area contributed by atoms with Crippen LogP contribution in [0.1, 0.15) is 26.5 Å². The molecule has 2 aromatic heterocycles. The predicted molar refractivity (Wildman–Crippen MR) is 69.2 cm³/mol. The number of carboxylic acids is 1. The maximum absolute atomic E-state index is 12.3. The molecule has 0 bridgehead atoms. The molecule has 0 atom stereocenters. The van der Waals surface area contributed by atoms with E-state index < -0.39 is 11.9 Å². The molecule has 8 heteroatoms. The number of carbonyl (C=O) groups excluding carboxylic acids is 1. The third-order valence-electron chi connectivity index (χ3n) is 3.04. The molecule has 106 valence electrons. The van der Waals surface area contributed by atoms with Gasteiger partial charge in [0.05, 0.1) is 24.0 Å².